The van der Waals surface area contributed by atoms with Crippen LogP contribution in [0.3, 0.4) is 0 Å². The maximum absolute atomic E-state index is 13.2. The fourth-order valence-corrected chi connectivity index (χ4v) is 3.41. The molecule has 0 aliphatic carbocycles. The molecule has 0 saturated heterocycles. The summed E-state index contributed by atoms with van der Waals surface area (Å²) in [5.74, 6) is -1.02. The summed E-state index contributed by atoms with van der Waals surface area (Å²) in [6.07, 6.45) is 1.96. The number of nitrogens with one attached hydrogen (secondary N) is 1. The Kier molecular flexibility index (Phi) is 5.26. The van der Waals surface area contributed by atoms with Crippen LogP contribution in [0.1, 0.15) is 5.56 Å². The van der Waals surface area contributed by atoms with Crippen LogP contribution in [0.5, 0.6) is 0 Å². The highest BCUT2D eigenvalue weighted by Crippen LogP contribution is 2.24. The van der Waals surface area contributed by atoms with Crippen LogP contribution in [-0.4, -0.2) is 24.1 Å². The van der Waals surface area contributed by atoms with Gasteiger partial charge >= 0.3 is 0 Å². The molecule has 0 unspecified atom stereocenters. The number of nitrogens with zero attached hydrogens (tertiary/aromatic N) is 2. The van der Waals surface area contributed by atoms with Gasteiger partial charge in [-0.25, -0.2) is 22.6 Å². The lowest BCUT2D eigenvalue weighted by molar-refractivity contribution is -0.115. The van der Waals surface area contributed by atoms with E-state index in [0.29, 0.717) is 10.6 Å². The standard InChI is InChI=1S/C17H14ClFN4O3S/c18-14-4-2-1-3-11(14)7-17(24)22-13-5-6-15(16(8-13)27(20,25)26)23-10-12(19)9-21-23/h1-6,8-10H,7H2,(H,22,24)(H2,20,25,26). The molecule has 0 aliphatic heterocycles. The Morgan fingerprint density at radius 3 is 2.63 bits per heavy atom. The topological polar surface area (TPSA) is 107 Å². The number of hydrogen-bond acceptors (Lipinski definition) is 4. The number of sulfonamides is 1. The van der Waals surface area contributed by atoms with Crippen molar-refractivity contribution >= 4 is 33.2 Å². The molecule has 3 N–H and O–H groups in total. The van der Waals surface area contributed by atoms with Gasteiger partial charge in [-0.3, -0.25) is 4.79 Å². The molecular weight excluding hydrogens is 395 g/mol. The molecule has 0 fully saturated rings. The Morgan fingerprint density at radius 1 is 1.26 bits per heavy atom. The number of hydrogen-bond donors (Lipinski definition) is 2. The van der Waals surface area contributed by atoms with Gasteiger partial charge in [0.1, 0.15) is 4.90 Å². The fraction of sp³-hybridized carbons (Fsp3) is 0.0588. The molecule has 0 aliphatic rings. The number of aromatic nitrogens is 2. The average Bonchev–Trinajstić information content (AvgIpc) is 3.02. The molecule has 1 amide bonds. The number of anilines is 1. The second-order valence-electron chi connectivity index (χ2n) is 5.65. The van der Waals surface area contributed by atoms with E-state index in [1.54, 1.807) is 24.3 Å². The summed E-state index contributed by atoms with van der Waals surface area (Å²) in [7, 11) is -4.15. The zero-order valence-electron chi connectivity index (χ0n) is 13.8. The highest BCUT2D eigenvalue weighted by molar-refractivity contribution is 7.89. The summed E-state index contributed by atoms with van der Waals surface area (Å²) < 4.78 is 38.1. The third-order valence-corrected chi connectivity index (χ3v) is 4.97. The molecule has 27 heavy (non-hydrogen) atoms. The van der Waals surface area contributed by atoms with E-state index in [1.807, 2.05) is 0 Å². The molecule has 10 heteroatoms. The molecule has 3 aromatic rings. The van der Waals surface area contributed by atoms with Crippen LogP contribution in [0, 0.1) is 5.82 Å². The van der Waals surface area contributed by atoms with Gasteiger partial charge in [-0.05, 0) is 29.8 Å². The number of carbonyl (C=O) groups excluding carboxylic acids is 1. The van der Waals surface area contributed by atoms with Crippen molar-refractivity contribution in [2.75, 3.05) is 5.32 Å². The molecule has 1 aromatic heterocycles. The largest absolute Gasteiger partial charge is 0.326 e. The molecular formula is C17H14ClFN4O3S. The lowest BCUT2D eigenvalue weighted by Crippen LogP contribution is -2.18. The van der Waals surface area contributed by atoms with Crippen LogP contribution in [0.4, 0.5) is 10.1 Å². The molecule has 0 atom stereocenters. The van der Waals surface area contributed by atoms with Gasteiger partial charge in [-0.15, -0.1) is 0 Å². The summed E-state index contributed by atoms with van der Waals surface area (Å²) in [6.45, 7) is 0. The first-order valence-corrected chi connectivity index (χ1v) is 9.57. The van der Waals surface area contributed by atoms with Gasteiger partial charge < -0.3 is 5.32 Å². The van der Waals surface area contributed by atoms with Crippen LogP contribution in [0.15, 0.2) is 59.8 Å². The van der Waals surface area contributed by atoms with Gasteiger partial charge in [-0.1, -0.05) is 29.8 Å². The van der Waals surface area contributed by atoms with Crippen LogP contribution in [0.25, 0.3) is 5.69 Å². The van der Waals surface area contributed by atoms with Crippen molar-refractivity contribution in [1.29, 1.82) is 0 Å². The van der Waals surface area contributed by atoms with Crippen molar-refractivity contribution < 1.29 is 17.6 Å². The quantitative estimate of drug-likeness (QED) is 0.676. The summed E-state index contributed by atoms with van der Waals surface area (Å²) in [4.78, 5) is 11.9. The van der Waals surface area contributed by atoms with E-state index in [0.717, 1.165) is 17.1 Å². The van der Waals surface area contributed by atoms with Gasteiger partial charge in [0.2, 0.25) is 15.9 Å². The number of amides is 1. The Morgan fingerprint density at radius 2 is 2.00 bits per heavy atom. The van der Waals surface area contributed by atoms with E-state index in [4.69, 9.17) is 16.7 Å². The van der Waals surface area contributed by atoms with Crippen LogP contribution >= 0.6 is 11.6 Å². The minimum absolute atomic E-state index is 0.0104. The molecule has 0 bridgehead atoms. The van der Waals surface area contributed by atoms with Crippen molar-refractivity contribution in [2.45, 2.75) is 11.3 Å². The zero-order chi connectivity index (χ0) is 19.6. The minimum Gasteiger partial charge on any atom is -0.326 e. The van der Waals surface area contributed by atoms with E-state index < -0.39 is 15.8 Å². The minimum atomic E-state index is -4.15. The molecule has 7 nitrogen and oxygen atoms in total. The van der Waals surface area contributed by atoms with Crippen LogP contribution < -0.4 is 10.5 Å². The van der Waals surface area contributed by atoms with E-state index >= 15 is 0 Å². The summed E-state index contributed by atoms with van der Waals surface area (Å²) >= 11 is 6.03. The first kappa shape index (κ1) is 19.0. The highest BCUT2D eigenvalue weighted by atomic mass is 35.5. The zero-order valence-corrected chi connectivity index (χ0v) is 15.3. The second-order valence-corrected chi connectivity index (χ2v) is 7.58. The molecule has 0 radical (unpaired) electrons. The van der Waals surface area contributed by atoms with Crippen molar-refractivity contribution in [3.63, 3.8) is 0 Å². The lowest BCUT2D eigenvalue weighted by Gasteiger charge is -2.11. The second kappa shape index (κ2) is 7.47. The smallest absolute Gasteiger partial charge is 0.240 e. The SMILES string of the molecule is NS(=O)(=O)c1cc(NC(=O)Cc2ccccc2Cl)ccc1-n1cc(F)cn1. The molecule has 2 aromatic carbocycles. The summed E-state index contributed by atoms with van der Waals surface area (Å²) in [6, 6.07) is 10.9. The monoisotopic (exact) mass is 408 g/mol. The van der Waals surface area contributed by atoms with Crippen molar-refractivity contribution in [3.8, 4) is 5.69 Å². The van der Waals surface area contributed by atoms with Crippen molar-refractivity contribution in [2.24, 2.45) is 5.14 Å². The van der Waals surface area contributed by atoms with Crippen LogP contribution in [-0.2, 0) is 21.2 Å². The fourth-order valence-electron chi connectivity index (χ4n) is 2.46. The Balaban J connectivity index is 1.89. The van der Waals surface area contributed by atoms with Gasteiger partial charge in [0.15, 0.2) is 5.82 Å². The first-order valence-electron chi connectivity index (χ1n) is 7.65. The molecule has 1 heterocycles. The normalized spacial score (nSPS) is 11.4. The molecule has 140 valence electrons. The van der Waals surface area contributed by atoms with Gasteiger partial charge in [0, 0.05) is 10.7 Å². The molecule has 3 rings (SSSR count). The Hall–Kier alpha value is -2.75. The molecule has 0 saturated carbocycles. The van der Waals surface area contributed by atoms with Gasteiger partial charge in [0.25, 0.3) is 0 Å². The van der Waals surface area contributed by atoms with E-state index in [9.17, 15) is 17.6 Å². The third-order valence-electron chi connectivity index (χ3n) is 3.66. The van der Waals surface area contributed by atoms with E-state index in [1.165, 1.54) is 18.2 Å². The summed E-state index contributed by atoms with van der Waals surface area (Å²) in [5, 5.41) is 12.0. The maximum Gasteiger partial charge on any atom is 0.240 e. The number of halogens is 2. The van der Waals surface area contributed by atoms with Crippen molar-refractivity contribution in [3.05, 3.63) is 71.3 Å². The molecule has 0 spiro atoms. The highest BCUT2D eigenvalue weighted by Gasteiger charge is 2.18. The Bertz CT molecular complexity index is 1110. The van der Waals surface area contributed by atoms with Gasteiger partial charge in [-0.2, -0.15) is 5.10 Å². The van der Waals surface area contributed by atoms with Crippen molar-refractivity contribution in [1.82, 2.24) is 9.78 Å². The Labute approximate surface area is 159 Å². The first-order chi connectivity index (χ1) is 12.7. The number of nitrogens with two attached hydrogens (primary N) is 1. The summed E-state index contributed by atoms with van der Waals surface area (Å²) in [5.41, 5.74) is 0.907. The van der Waals surface area contributed by atoms with E-state index in [-0.39, 0.29) is 28.6 Å². The van der Waals surface area contributed by atoms with Crippen LogP contribution in [0.2, 0.25) is 5.02 Å². The maximum atomic E-state index is 13.2. The average molecular weight is 409 g/mol. The number of rotatable bonds is 5. The lowest BCUT2D eigenvalue weighted by atomic mass is 10.1. The third kappa shape index (κ3) is 4.51. The number of primary sulfonamides is 1. The number of carbonyl (C=O) groups is 1. The van der Waals surface area contributed by atoms with E-state index in [2.05, 4.69) is 10.4 Å². The van der Waals surface area contributed by atoms with Gasteiger partial charge in [0.05, 0.1) is 24.5 Å². The predicted molar refractivity (Wildman–Crippen MR) is 98.7 cm³/mol. The number of benzene rings is 2. The predicted octanol–water partition coefficient (Wildman–Crippen LogP) is 2.49.